The van der Waals surface area contributed by atoms with E-state index >= 15 is 0 Å². The Morgan fingerprint density at radius 1 is 1.44 bits per heavy atom. The van der Waals surface area contributed by atoms with Crippen molar-refractivity contribution in [3.63, 3.8) is 0 Å². The number of halogens is 1. The van der Waals surface area contributed by atoms with Crippen LogP contribution in [0.4, 0.5) is 0 Å². The monoisotopic (exact) mass is 252 g/mol. The minimum absolute atomic E-state index is 0. The Labute approximate surface area is 105 Å². The molecule has 0 aliphatic heterocycles. The zero-order valence-electron chi connectivity index (χ0n) is 10.5. The Morgan fingerprint density at radius 3 is 2.50 bits per heavy atom. The van der Waals surface area contributed by atoms with Gasteiger partial charge in [-0.25, -0.2) is 0 Å². The number of nitrogens with one attached hydrogen (secondary N) is 1. The zero-order chi connectivity index (χ0) is 11.7. The van der Waals surface area contributed by atoms with Gasteiger partial charge in [0, 0.05) is 19.2 Å². The van der Waals surface area contributed by atoms with Gasteiger partial charge in [0.2, 0.25) is 5.91 Å². The van der Waals surface area contributed by atoms with E-state index in [0.717, 1.165) is 12.8 Å². The van der Waals surface area contributed by atoms with Crippen LogP contribution in [0.1, 0.15) is 33.6 Å². The topological polar surface area (TPSA) is 64.3 Å². The van der Waals surface area contributed by atoms with E-state index in [-0.39, 0.29) is 31.0 Å². The van der Waals surface area contributed by atoms with Gasteiger partial charge in [0.15, 0.2) is 0 Å². The molecule has 0 saturated heterocycles. The molecular formula is C11H25ClN2O2. The van der Waals surface area contributed by atoms with E-state index in [9.17, 15) is 4.79 Å². The molecular weight excluding hydrogens is 228 g/mol. The number of nitrogens with two attached hydrogens (primary N) is 1. The van der Waals surface area contributed by atoms with E-state index in [1.165, 1.54) is 0 Å². The van der Waals surface area contributed by atoms with E-state index < -0.39 is 0 Å². The van der Waals surface area contributed by atoms with E-state index in [1.807, 2.05) is 6.92 Å². The van der Waals surface area contributed by atoms with Gasteiger partial charge in [0.25, 0.3) is 0 Å². The lowest BCUT2D eigenvalue weighted by atomic mass is 10.0. The summed E-state index contributed by atoms with van der Waals surface area (Å²) in [4.78, 5) is 11.4. The molecule has 0 aromatic rings. The lowest BCUT2D eigenvalue weighted by molar-refractivity contribution is -0.126. The van der Waals surface area contributed by atoms with Crippen LogP contribution >= 0.6 is 12.4 Å². The first-order valence-electron chi connectivity index (χ1n) is 5.67. The van der Waals surface area contributed by atoms with Gasteiger partial charge in [-0.3, -0.25) is 4.79 Å². The van der Waals surface area contributed by atoms with Crippen LogP contribution in [0, 0.1) is 5.92 Å². The molecule has 0 fully saturated rings. The van der Waals surface area contributed by atoms with Crippen LogP contribution in [0.15, 0.2) is 0 Å². The molecule has 1 unspecified atom stereocenters. The molecule has 0 aliphatic carbocycles. The fraction of sp³-hybridized carbons (Fsp3) is 0.909. The van der Waals surface area contributed by atoms with Crippen molar-refractivity contribution in [3.8, 4) is 0 Å². The third-order valence-corrected chi connectivity index (χ3v) is 1.99. The first kappa shape index (κ1) is 18.1. The highest BCUT2D eigenvalue weighted by Gasteiger charge is 2.11. The maximum Gasteiger partial charge on any atom is 0.246 e. The zero-order valence-corrected chi connectivity index (χ0v) is 11.3. The molecule has 3 N–H and O–H groups in total. The molecule has 4 nitrogen and oxygen atoms in total. The molecule has 0 bridgehead atoms. The smallest absolute Gasteiger partial charge is 0.246 e. The number of carbonyl (C=O) groups excluding carboxylic acids is 1. The molecule has 0 saturated carbocycles. The van der Waals surface area contributed by atoms with E-state index in [4.69, 9.17) is 10.5 Å². The number of amides is 1. The highest BCUT2D eigenvalue weighted by molar-refractivity contribution is 5.85. The fourth-order valence-corrected chi connectivity index (χ4v) is 1.36. The predicted octanol–water partition coefficient (Wildman–Crippen LogP) is 1.32. The molecule has 1 atom stereocenters. The second-order valence-corrected chi connectivity index (χ2v) is 4.18. The molecule has 16 heavy (non-hydrogen) atoms. The number of hydrogen-bond acceptors (Lipinski definition) is 3. The van der Waals surface area contributed by atoms with Crippen molar-refractivity contribution in [3.05, 3.63) is 0 Å². The van der Waals surface area contributed by atoms with E-state index in [2.05, 4.69) is 19.2 Å². The van der Waals surface area contributed by atoms with Crippen LogP contribution in [0.3, 0.4) is 0 Å². The highest BCUT2D eigenvalue weighted by atomic mass is 35.5. The minimum atomic E-state index is -0.0699. The highest BCUT2D eigenvalue weighted by Crippen LogP contribution is 2.03. The quantitative estimate of drug-likeness (QED) is 0.641. The molecule has 0 aromatic heterocycles. The third-order valence-electron chi connectivity index (χ3n) is 1.99. The molecule has 5 heteroatoms. The maximum absolute atomic E-state index is 11.4. The Hall–Kier alpha value is -0.320. The number of carbonyl (C=O) groups is 1. The summed E-state index contributed by atoms with van der Waals surface area (Å²) in [6.07, 6.45) is 1.84. The molecule has 0 aromatic carbocycles. The van der Waals surface area contributed by atoms with Crippen molar-refractivity contribution < 1.29 is 9.53 Å². The molecule has 1 amide bonds. The first-order valence-corrected chi connectivity index (χ1v) is 5.67. The van der Waals surface area contributed by atoms with Crippen molar-refractivity contribution in [2.24, 2.45) is 11.7 Å². The summed E-state index contributed by atoms with van der Waals surface area (Å²) >= 11 is 0. The van der Waals surface area contributed by atoms with E-state index in [0.29, 0.717) is 19.1 Å². The first-order chi connectivity index (χ1) is 7.10. The average molecular weight is 253 g/mol. The summed E-state index contributed by atoms with van der Waals surface area (Å²) in [6, 6.07) is 0.0720. The van der Waals surface area contributed by atoms with Crippen LogP contribution in [0.2, 0.25) is 0 Å². The molecule has 0 aliphatic rings. The van der Waals surface area contributed by atoms with Crippen molar-refractivity contribution in [1.29, 1.82) is 0 Å². The Morgan fingerprint density at radius 2 is 2.06 bits per heavy atom. The van der Waals surface area contributed by atoms with Crippen LogP contribution in [-0.2, 0) is 9.53 Å². The van der Waals surface area contributed by atoms with Gasteiger partial charge >= 0.3 is 0 Å². The van der Waals surface area contributed by atoms with Crippen molar-refractivity contribution >= 4 is 18.3 Å². The molecule has 0 radical (unpaired) electrons. The second kappa shape index (κ2) is 11.2. The number of rotatable bonds is 8. The summed E-state index contributed by atoms with van der Waals surface area (Å²) in [5.74, 6) is 0.468. The second-order valence-electron chi connectivity index (χ2n) is 4.18. The van der Waals surface area contributed by atoms with Crippen LogP contribution in [-0.4, -0.2) is 31.7 Å². The van der Waals surface area contributed by atoms with Gasteiger partial charge in [0.05, 0.1) is 0 Å². The average Bonchev–Trinajstić information content (AvgIpc) is 2.16. The Balaban J connectivity index is 0. The maximum atomic E-state index is 11.4. The Bertz CT molecular complexity index is 177. The molecule has 0 spiro atoms. The Kier molecular flexibility index (Phi) is 12.6. The van der Waals surface area contributed by atoms with Crippen LogP contribution in [0.5, 0.6) is 0 Å². The number of hydrogen-bond donors (Lipinski definition) is 2. The number of ether oxygens (including phenoxy) is 1. The van der Waals surface area contributed by atoms with Crippen molar-refractivity contribution in [2.75, 3.05) is 19.8 Å². The third kappa shape index (κ3) is 10.2. The lowest BCUT2D eigenvalue weighted by Crippen LogP contribution is -2.42. The van der Waals surface area contributed by atoms with Crippen LogP contribution in [0.25, 0.3) is 0 Å². The van der Waals surface area contributed by atoms with Gasteiger partial charge in [-0.05, 0) is 18.8 Å². The molecule has 0 heterocycles. The van der Waals surface area contributed by atoms with E-state index in [1.54, 1.807) is 0 Å². The van der Waals surface area contributed by atoms with Gasteiger partial charge < -0.3 is 15.8 Å². The summed E-state index contributed by atoms with van der Waals surface area (Å²) in [5, 5.41) is 2.87. The van der Waals surface area contributed by atoms with Gasteiger partial charge in [-0.2, -0.15) is 0 Å². The molecule has 98 valence electrons. The van der Waals surface area contributed by atoms with Gasteiger partial charge in [0.1, 0.15) is 6.61 Å². The van der Waals surface area contributed by atoms with Gasteiger partial charge in [-0.15, -0.1) is 12.4 Å². The molecule has 0 rings (SSSR count). The lowest BCUT2D eigenvalue weighted by Gasteiger charge is -2.18. The standard InChI is InChI=1S/C11H24N2O2.ClH/c1-4-5-15-8-11(14)13-10(7-12)6-9(2)3;/h9-10H,4-8,12H2,1-3H3,(H,13,14);1H. The summed E-state index contributed by atoms with van der Waals surface area (Å²) < 4.78 is 5.14. The minimum Gasteiger partial charge on any atom is -0.372 e. The van der Waals surface area contributed by atoms with Crippen LogP contribution < -0.4 is 11.1 Å². The largest absolute Gasteiger partial charge is 0.372 e. The predicted molar refractivity (Wildman–Crippen MR) is 68.8 cm³/mol. The normalized spacial score (nSPS) is 12.1. The summed E-state index contributed by atoms with van der Waals surface area (Å²) in [6.45, 7) is 7.50. The van der Waals surface area contributed by atoms with Gasteiger partial charge in [-0.1, -0.05) is 20.8 Å². The van der Waals surface area contributed by atoms with Crippen molar-refractivity contribution in [1.82, 2.24) is 5.32 Å². The van der Waals surface area contributed by atoms with Crippen molar-refractivity contribution in [2.45, 2.75) is 39.7 Å². The fourth-order valence-electron chi connectivity index (χ4n) is 1.36. The SMILES string of the molecule is CCCOCC(=O)NC(CN)CC(C)C.Cl. The summed E-state index contributed by atoms with van der Waals surface area (Å²) in [5.41, 5.74) is 5.57. The summed E-state index contributed by atoms with van der Waals surface area (Å²) in [7, 11) is 0.